The van der Waals surface area contributed by atoms with Crippen LogP contribution >= 0.6 is 0 Å². The van der Waals surface area contributed by atoms with Crippen molar-refractivity contribution in [1.29, 1.82) is 0 Å². The van der Waals surface area contributed by atoms with E-state index in [0.717, 1.165) is 12.0 Å². The Morgan fingerprint density at radius 3 is 2.62 bits per heavy atom. The lowest BCUT2D eigenvalue weighted by molar-refractivity contribution is -0.274. The van der Waals surface area contributed by atoms with Gasteiger partial charge in [-0.3, -0.25) is 4.79 Å². The van der Waals surface area contributed by atoms with Gasteiger partial charge in [-0.2, -0.15) is 0 Å². The summed E-state index contributed by atoms with van der Waals surface area (Å²) in [5.74, 6) is 0.132. The molecular weight excluding hydrogens is 389 g/mol. The standard InChI is InChI=1S/C20H23F3N2O4/c1-11-5-13(3-4-16(11)29-20(21,22)23)19-8-14(19)9-25(10-19)17(26)12-6-15(7-12)24-18(27)28-2/h3-5,12,14-15H,6-10H2,1-2H3,(H,24,27). The molecule has 2 saturated carbocycles. The molecule has 3 fully saturated rings. The van der Waals surface area contributed by atoms with Gasteiger partial charge < -0.3 is 19.7 Å². The van der Waals surface area contributed by atoms with E-state index < -0.39 is 12.5 Å². The normalized spacial score (nSPS) is 30.2. The van der Waals surface area contributed by atoms with Crippen molar-refractivity contribution in [3.05, 3.63) is 29.3 Å². The average molecular weight is 412 g/mol. The summed E-state index contributed by atoms with van der Waals surface area (Å²) >= 11 is 0. The SMILES string of the molecule is COC(=O)NC1CC(C(=O)N2CC3CC3(c3ccc(OC(F)(F)F)c(C)c3)C2)C1. The van der Waals surface area contributed by atoms with Crippen LogP contribution in [-0.4, -0.2) is 49.5 Å². The van der Waals surface area contributed by atoms with Crippen molar-refractivity contribution in [3.8, 4) is 5.75 Å². The number of aryl methyl sites for hydroxylation is 1. The number of methoxy groups -OCH3 is 1. The fourth-order valence-corrected chi connectivity index (χ4v) is 4.72. The van der Waals surface area contributed by atoms with Gasteiger partial charge in [-0.1, -0.05) is 12.1 Å². The van der Waals surface area contributed by atoms with Crippen LogP contribution < -0.4 is 10.1 Å². The largest absolute Gasteiger partial charge is 0.573 e. The van der Waals surface area contributed by atoms with Gasteiger partial charge in [0.05, 0.1) is 7.11 Å². The van der Waals surface area contributed by atoms with Crippen molar-refractivity contribution in [2.45, 2.75) is 44.0 Å². The first-order valence-corrected chi connectivity index (χ1v) is 9.61. The van der Waals surface area contributed by atoms with Crippen molar-refractivity contribution in [2.24, 2.45) is 11.8 Å². The van der Waals surface area contributed by atoms with Crippen LogP contribution in [0, 0.1) is 18.8 Å². The molecular formula is C20H23F3N2O4. The van der Waals surface area contributed by atoms with E-state index >= 15 is 0 Å². The van der Waals surface area contributed by atoms with E-state index in [1.807, 2.05) is 4.90 Å². The second-order valence-electron chi connectivity index (χ2n) is 8.31. The number of amides is 2. The molecule has 2 unspecified atom stereocenters. The number of halogens is 3. The van der Waals surface area contributed by atoms with E-state index in [2.05, 4.69) is 14.8 Å². The van der Waals surface area contributed by atoms with Crippen LogP contribution in [0.1, 0.15) is 30.4 Å². The lowest BCUT2D eigenvalue weighted by atomic mass is 9.79. The number of benzene rings is 1. The van der Waals surface area contributed by atoms with Gasteiger partial charge >= 0.3 is 12.5 Å². The second kappa shape index (κ2) is 6.81. The minimum Gasteiger partial charge on any atom is -0.453 e. The molecule has 0 spiro atoms. The van der Waals surface area contributed by atoms with Gasteiger partial charge in [0.15, 0.2) is 0 Å². The number of alkyl carbamates (subject to hydrolysis) is 1. The molecule has 0 radical (unpaired) electrons. The highest BCUT2D eigenvalue weighted by atomic mass is 19.4. The fourth-order valence-electron chi connectivity index (χ4n) is 4.72. The number of likely N-dealkylation sites (tertiary alicyclic amines) is 1. The molecule has 4 rings (SSSR count). The Kier molecular flexibility index (Phi) is 4.66. The average Bonchev–Trinajstić information content (AvgIpc) is 3.19. The van der Waals surface area contributed by atoms with Gasteiger partial charge in [0.25, 0.3) is 0 Å². The van der Waals surface area contributed by atoms with E-state index in [4.69, 9.17) is 0 Å². The zero-order chi connectivity index (χ0) is 21.0. The number of ether oxygens (including phenoxy) is 2. The molecule has 1 aromatic rings. The molecule has 0 bridgehead atoms. The summed E-state index contributed by atoms with van der Waals surface area (Å²) in [5, 5.41) is 2.70. The summed E-state index contributed by atoms with van der Waals surface area (Å²) in [7, 11) is 1.30. The minimum absolute atomic E-state index is 0.0358. The highest BCUT2D eigenvalue weighted by Crippen LogP contribution is 2.59. The number of hydrogen-bond acceptors (Lipinski definition) is 4. The predicted molar refractivity (Wildman–Crippen MR) is 96.3 cm³/mol. The van der Waals surface area contributed by atoms with Crippen molar-refractivity contribution in [2.75, 3.05) is 20.2 Å². The summed E-state index contributed by atoms with van der Waals surface area (Å²) < 4.78 is 46.1. The van der Waals surface area contributed by atoms with Gasteiger partial charge in [0, 0.05) is 30.5 Å². The molecule has 3 aliphatic rings. The van der Waals surface area contributed by atoms with E-state index in [-0.39, 0.29) is 29.0 Å². The van der Waals surface area contributed by atoms with Gasteiger partial charge in [-0.15, -0.1) is 13.2 Å². The molecule has 6 nitrogen and oxygen atoms in total. The first kappa shape index (κ1) is 19.8. The van der Waals surface area contributed by atoms with Crippen molar-refractivity contribution in [3.63, 3.8) is 0 Å². The molecule has 2 amide bonds. The van der Waals surface area contributed by atoms with Crippen LogP contribution in [-0.2, 0) is 14.9 Å². The molecule has 29 heavy (non-hydrogen) atoms. The zero-order valence-electron chi connectivity index (χ0n) is 16.2. The van der Waals surface area contributed by atoms with Crippen LogP contribution in [0.25, 0.3) is 0 Å². The number of piperidine rings is 1. The van der Waals surface area contributed by atoms with Crippen molar-refractivity contribution in [1.82, 2.24) is 10.2 Å². The fraction of sp³-hybridized carbons (Fsp3) is 0.600. The number of alkyl halides is 3. The smallest absolute Gasteiger partial charge is 0.453 e. The quantitative estimate of drug-likeness (QED) is 0.825. The van der Waals surface area contributed by atoms with E-state index in [9.17, 15) is 22.8 Å². The first-order valence-electron chi connectivity index (χ1n) is 9.61. The van der Waals surface area contributed by atoms with Crippen LogP contribution in [0.15, 0.2) is 18.2 Å². The van der Waals surface area contributed by atoms with Crippen LogP contribution in [0.3, 0.4) is 0 Å². The molecule has 2 aliphatic carbocycles. The summed E-state index contributed by atoms with van der Waals surface area (Å²) in [5.41, 5.74) is 1.23. The molecule has 9 heteroatoms. The van der Waals surface area contributed by atoms with Gasteiger partial charge in [0.1, 0.15) is 5.75 Å². The monoisotopic (exact) mass is 412 g/mol. The Morgan fingerprint density at radius 1 is 1.28 bits per heavy atom. The van der Waals surface area contributed by atoms with Gasteiger partial charge in [0.2, 0.25) is 5.91 Å². The third kappa shape index (κ3) is 3.74. The van der Waals surface area contributed by atoms with Gasteiger partial charge in [-0.25, -0.2) is 4.79 Å². The number of fused-ring (bicyclic) bond motifs is 1. The summed E-state index contributed by atoms with van der Waals surface area (Å²) in [6, 6.07) is 4.75. The Hall–Kier alpha value is -2.45. The number of nitrogens with one attached hydrogen (secondary N) is 1. The van der Waals surface area contributed by atoms with Crippen molar-refractivity contribution < 1.29 is 32.2 Å². The molecule has 2 atom stereocenters. The number of carbonyl (C=O) groups excluding carboxylic acids is 2. The number of hydrogen-bond donors (Lipinski definition) is 1. The Bertz CT molecular complexity index is 838. The number of nitrogens with zero attached hydrogens (tertiary/aromatic N) is 1. The summed E-state index contributed by atoms with van der Waals surface area (Å²) in [6.07, 6.45) is -3.06. The molecule has 1 heterocycles. The third-order valence-corrected chi connectivity index (χ3v) is 6.43. The van der Waals surface area contributed by atoms with E-state index in [0.29, 0.717) is 37.4 Å². The molecule has 1 aliphatic heterocycles. The summed E-state index contributed by atoms with van der Waals surface area (Å²) in [6.45, 7) is 2.85. The third-order valence-electron chi connectivity index (χ3n) is 6.43. The highest BCUT2D eigenvalue weighted by Gasteiger charge is 2.62. The summed E-state index contributed by atoms with van der Waals surface area (Å²) in [4.78, 5) is 25.9. The topological polar surface area (TPSA) is 67.9 Å². The maximum Gasteiger partial charge on any atom is 0.573 e. The number of carbonyl (C=O) groups is 2. The van der Waals surface area contributed by atoms with Gasteiger partial charge in [-0.05, 0) is 49.3 Å². The van der Waals surface area contributed by atoms with Crippen LogP contribution in [0.5, 0.6) is 5.75 Å². The maximum absolute atomic E-state index is 12.8. The maximum atomic E-state index is 12.8. The molecule has 1 saturated heterocycles. The van der Waals surface area contributed by atoms with E-state index in [1.165, 1.54) is 13.2 Å². The lowest BCUT2D eigenvalue weighted by Crippen LogP contribution is -2.50. The molecule has 0 aromatic heterocycles. The number of rotatable bonds is 4. The molecule has 1 N–H and O–H groups in total. The lowest BCUT2D eigenvalue weighted by Gasteiger charge is -2.37. The molecule has 158 valence electrons. The Labute approximate surface area is 166 Å². The molecule has 1 aromatic carbocycles. The van der Waals surface area contributed by atoms with Crippen LogP contribution in [0.2, 0.25) is 0 Å². The van der Waals surface area contributed by atoms with Crippen molar-refractivity contribution >= 4 is 12.0 Å². The first-order chi connectivity index (χ1) is 13.6. The van der Waals surface area contributed by atoms with Crippen LogP contribution in [0.4, 0.5) is 18.0 Å². The predicted octanol–water partition coefficient (Wildman–Crippen LogP) is 3.13. The Morgan fingerprint density at radius 2 is 2.00 bits per heavy atom. The second-order valence-corrected chi connectivity index (χ2v) is 8.31. The highest BCUT2D eigenvalue weighted by molar-refractivity contribution is 5.81. The van der Waals surface area contributed by atoms with E-state index in [1.54, 1.807) is 19.1 Å². The zero-order valence-corrected chi connectivity index (χ0v) is 16.2. The Balaban J connectivity index is 1.37. The minimum atomic E-state index is -4.72.